The Morgan fingerprint density at radius 1 is 0.340 bits per heavy atom. The molecule has 0 amide bonds. The topological polar surface area (TPSA) is 64.7 Å². The van der Waals surface area contributed by atoms with E-state index < -0.39 is 0 Å². The van der Waals surface area contributed by atoms with Gasteiger partial charge in [-0.2, -0.15) is 0 Å². The maximum Gasteiger partial charge on any atom is 0.227 e. The number of oxazole rings is 1. The van der Waals surface area contributed by atoms with Crippen LogP contribution in [0.1, 0.15) is 0 Å². The minimum Gasteiger partial charge on any atom is -0.435 e. The highest BCUT2D eigenvalue weighted by molar-refractivity contribution is 6.27. The second-order valence-electron chi connectivity index (χ2n) is 13.4. The molecule has 0 unspecified atom stereocenters. The lowest BCUT2D eigenvalue weighted by Crippen LogP contribution is -2.01. The van der Waals surface area contributed by atoms with E-state index in [2.05, 4.69) is 115 Å². The van der Waals surface area contributed by atoms with Crippen LogP contribution in [0, 0.1) is 0 Å². The second kappa shape index (κ2) is 11.7. The van der Waals surface area contributed by atoms with Crippen LogP contribution in [0.4, 0.5) is 0 Å². The van der Waals surface area contributed by atoms with Gasteiger partial charge in [-0.05, 0) is 67.4 Å². The van der Waals surface area contributed by atoms with Crippen molar-refractivity contribution in [2.24, 2.45) is 0 Å². The van der Waals surface area contributed by atoms with Gasteiger partial charge in [-0.1, -0.05) is 146 Å². The number of hydrogen-bond donors (Lipinski definition) is 0. The van der Waals surface area contributed by atoms with E-state index in [1.807, 2.05) is 54.6 Å². The minimum absolute atomic E-state index is 0.610. The van der Waals surface area contributed by atoms with Gasteiger partial charge in [0.2, 0.25) is 5.89 Å². The van der Waals surface area contributed by atoms with Crippen molar-refractivity contribution in [2.75, 3.05) is 0 Å². The number of nitrogens with zero attached hydrogens (tertiary/aromatic N) is 4. The highest BCUT2D eigenvalue weighted by atomic mass is 16.3. The number of fused-ring (bicyclic) bond motifs is 10. The summed E-state index contributed by atoms with van der Waals surface area (Å²) in [5.41, 5.74) is 5.39. The Morgan fingerprint density at radius 3 is 1.74 bits per heavy atom. The third-order valence-corrected chi connectivity index (χ3v) is 10.3. The van der Waals surface area contributed by atoms with Gasteiger partial charge in [0.05, 0.1) is 0 Å². The van der Waals surface area contributed by atoms with Gasteiger partial charge in [-0.25, -0.2) is 19.9 Å². The van der Waals surface area contributed by atoms with Gasteiger partial charge in [-0.3, -0.25) is 0 Å². The van der Waals surface area contributed by atoms with Gasteiger partial charge in [0.25, 0.3) is 0 Å². The molecule has 2 aromatic heterocycles. The van der Waals surface area contributed by atoms with Crippen LogP contribution in [0.3, 0.4) is 0 Å². The van der Waals surface area contributed by atoms with E-state index in [4.69, 9.17) is 24.4 Å². The lowest BCUT2D eigenvalue weighted by Gasteiger charge is -2.14. The molecule has 0 saturated heterocycles. The smallest absolute Gasteiger partial charge is 0.227 e. The molecule has 5 nitrogen and oxygen atoms in total. The molecule has 0 saturated carbocycles. The SMILES string of the molecule is c1ccc(-c2nc(-c3cc4ccccc4c4ccccc34)nc(-c3cccc4c3ccc3ccc5ccc6nc(-c7ccccc7)oc6c5c34)n2)cc1. The van der Waals surface area contributed by atoms with Gasteiger partial charge >= 0.3 is 0 Å². The standard InChI is InChI=1S/C48H28N4O/c1-3-12-31(13-4-1)45-50-46(52-47(51-45)40-28-33-16-7-8-17-34(33)35-18-9-10-19-36(35)40)39-21-11-20-38-37(39)26-24-29-22-23-30-25-27-41-44(43(30)42(29)38)53-48(49-41)32-14-5-2-6-15-32/h1-28H. The van der Waals surface area contributed by atoms with E-state index >= 15 is 0 Å². The molecule has 0 atom stereocenters. The van der Waals surface area contributed by atoms with Gasteiger partial charge in [0, 0.05) is 33.0 Å². The summed E-state index contributed by atoms with van der Waals surface area (Å²) in [6, 6.07) is 58.7. The first kappa shape index (κ1) is 29.5. The Kier molecular flexibility index (Phi) is 6.48. The monoisotopic (exact) mass is 676 g/mol. The normalized spacial score (nSPS) is 11.8. The molecule has 0 radical (unpaired) electrons. The van der Waals surface area contributed by atoms with Crippen LogP contribution in [-0.4, -0.2) is 19.9 Å². The van der Waals surface area contributed by atoms with E-state index in [0.717, 1.165) is 76.4 Å². The molecule has 0 aliphatic carbocycles. The lowest BCUT2D eigenvalue weighted by molar-refractivity contribution is 0.623. The fourth-order valence-corrected chi connectivity index (χ4v) is 7.85. The third-order valence-electron chi connectivity index (χ3n) is 10.3. The summed E-state index contributed by atoms with van der Waals surface area (Å²) >= 11 is 0. The molecule has 11 aromatic rings. The maximum atomic E-state index is 6.59. The Balaban J connectivity index is 1.19. The van der Waals surface area contributed by atoms with Gasteiger partial charge < -0.3 is 4.42 Å². The average Bonchev–Trinajstić information content (AvgIpc) is 3.68. The zero-order chi connectivity index (χ0) is 34.9. The Labute approximate surface area is 303 Å². The fraction of sp³-hybridized carbons (Fsp3) is 0. The first-order chi connectivity index (χ1) is 26.3. The van der Waals surface area contributed by atoms with Crippen LogP contribution in [-0.2, 0) is 0 Å². The Bertz CT molecular complexity index is 3230. The van der Waals surface area contributed by atoms with Crippen molar-refractivity contribution in [3.8, 4) is 45.6 Å². The third kappa shape index (κ3) is 4.71. The number of hydrogen-bond acceptors (Lipinski definition) is 5. The minimum atomic E-state index is 0.610. The summed E-state index contributed by atoms with van der Waals surface area (Å²) < 4.78 is 6.59. The van der Waals surface area contributed by atoms with Crippen LogP contribution in [0.2, 0.25) is 0 Å². The van der Waals surface area contributed by atoms with Crippen molar-refractivity contribution >= 4 is 65.0 Å². The molecule has 0 aliphatic heterocycles. The quantitative estimate of drug-likeness (QED) is 0.174. The van der Waals surface area contributed by atoms with Crippen molar-refractivity contribution in [1.82, 2.24) is 19.9 Å². The lowest BCUT2D eigenvalue weighted by atomic mass is 9.93. The number of rotatable bonds is 4. The summed E-state index contributed by atoms with van der Waals surface area (Å²) in [6.45, 7) is 0. The molecular formula is C48H28N4O. The average molecular weight is 677 g/mol. The molecule has 246 valence electrons. The second-order valence-corrected chi connectivity index (χ2v) is 13.4. The first-order valence-corrected chi connectivity index (χ1v) is 17.7. The van der Waals surface area contributed by atoms with E-state index in [0.29, 0.717) is 23.4 Å². The summed E-state index contributed by atoms with van der Waals surface area (Å²) in [4.78, 5) is 20.5. The first-order valence-electron chi connectivity index (χ1n) is 17.7. The summed E-state index contributed by atoms with van der Waals surface area (Å²) in [5, 5.41) is 11.1. The molecule has 53 heavy (non-hydrogen) atoms. The predicted molar refractivity (Wildman–Crippen MR) is 217 cm³/mol. The fourth-order valence-electron chi connectivity index (χ4n) is 7.85. The molecule has 0 bridgehead atoms. The van der Waals surface area contributed by atoms with Crippen molar-refractivity contribution in [2.45, 2.75) is 0 Å². The molecule has 0 N–H and O–H groups in total. The van der Waals surface area contributed by atoms with E-state index in [1.54, 1.807) is 0 Å². The highest BCUT2D eigenvalue weighted by Crippen LogP contribution is 2.41. The summed E-state index contributed by atoms with van der Waals surface area (Å²) in [6.07, 6.45) is 0. The van der Waals surface area contributed by atoms with Crippen LogP contribution in [0.5, 0.6) is 0 Å². The number of benzene rings is 9. The molecule has 0 fully saturated rings. The molecule has 9 aromatic carbocycles. The predicted octanol–water partition coefficient (Wildman–Crippen LogP) is 12.4. The molecule has 5 heteroatoms. The number of aromatic nitrogens is 4. The van der Waals surface area contributed by atoms with E-state index in [-0.39, 0.29) is 0 Å². The van der Waals surface area contributed by atoms with Crippen molar-refractivity contribution in [3.63, 3.8) is 0 Å². The van der Waals surface area contributed by atoms with E-state index in [9.17, 15) is 0 Å². The van der Waals surface area contributed by atoms with Crippen LogP contribution >= 0.6 is 0 Å². The highest BCUT2D eigenvalue weighted by Gasteiger charge is 2.19. The molecule has 0 spiro atoms. The Hall–Kier alpha value is -7.24. The maximum absolute atomic E-state index is 6.59. The van der Waals surface area contributed by atoms with Gasteiger partial charge in [-0.15, -0.1) is 0 Å². The molecular weight excluding hydrogens is 649 g/mol. The van der Waals surface area contributed by atoms with Gasteiger partial charge in [0.15, 0.2) is 23.1 Å². The van der Waals surface area contributed by atoms with Crippen LogP contribution in [0.15, 0.2) is 174 Å². The molecule has 11 rings (SSSR count). The van der Waals surface area contributed by atoms with Crippen LogP contribution < -0.4 is 0 Å². The largest absolute Gasteiger partial charge is 0.435 e. The summed E-state index contributed by atoms with van der Waals surface area (Å²) in [5.74, 6) is 2.49. The van der Waals surface area contributed by atoms with Crippen molar-refractivity contribution < 1.29 is 4.42 Å². The van der Waals surface area contributed by atoms with Crippen molar-refractivity contribution in [3.05, 3.63) is 170 Å². The van der Waals surface area contributed by atoms with Crippen molar-refractivity contribution in [1.29, 1.82) is 0 Å². The zero-order valence-corrected chi connectivity index (χ0v) is 28.4. The Morgan fingerprint density at radius 2 is 0.925 bits per heavy atom. The summed E-state index contributed by atoms with van der Waals surface area (Å²) in [7, 11) is 0. The zero-order valence-electron chi connectivity index (χ0n) is 28.4. The molecule has 2 heterocycles. The van der Waals surface area contributed by atoms with Gasteiger partial charge in [0.1, 0.15) is 5.52 Å². The van der Waals surface area contributed by atoms with E-state index in [1.165, 1.54) is 10.8 Å². The molecule has 0 aliphatic rings. The van der Waals surface area contributed by atoms with Crippen LogP contribution in [0.25, 0.3) is 111 Å².